The second-order valence-corrected chi connectivity index (χ2v) is 11.2. The second kappa shape index (κ2) is 15.9. The van der Waals surface area contributed by atoms with Crippen molar-refractivity contribution in [2.45, 2.75) is 56.9 Å². The molecule has 1 heterocycles. The Hall–Kier alpha value is -4.15. The third-order valence-corrected chi connectivity index (χ3v) is 7.88. The van der Waals surface area contributed by atoms with E-state index >= 15 is 0 Å². The summed E-state index contributed by atoms with van der Waals surface area (Å²) in [6.45, 7) is 2.61. The maximum atomic E-state index is 13.1. The van der Waals surface area contributed by atoms with Crippen LogP contribution in [0.1, 0.15) is 44.4 Å². The van der Waals surface area contributed by atoms with Crippen LogP contribution < -0.4 is 14.8 Å². The Kier molecular flexibility index (Phi) is 11.8. The zero-order chi connectivity index (χ0) is 30.6. The average Bonchev–Trinajstić information content (AvgIpc) is 3.43. The summed E-state index contributed by atoms with van der Waals surface area (Å²) in [7, 11) is 0. The monoisotopic (exact) mass is 607 g/mol. The van der Waals surface area contributed by atoms with Gasteiger partial charge in [0.1, 0.15) is 11.5 Å². The Bertz CT molecular complexity index is 1490. The summed E-state index contributed by atoms with van der Waals surface area (Å²) in [5, 5.41) is 2.74. The SMILES string of the molecule is CCCCOc1ccc(-c2ccc(OC(F)F)c(/C=C/C(=O)Nc3ccc([S@+]([O-])Cc4cncn4CCC)cc3)c2)cc1. The molecule has 0 saturated heterocycles. The Balaban J connectivity index is 1.42. The average molecular weight is 608 g/mol. The quantitative estimate of drug-likeness (QED) is 0.0850. The molecule has 1 aromatic heterocycles. The van der Waals surface area contributed by atoms with Gasteiger partial charge in [-0.1, -0.05) is 38.5 Å². The van der Waals surface area contributed by atoms with Gasteiger partial charge >= 0.3 is 6.61 Å². The molecule has 1 atom stereocenters. The Labute approximate surface area is 253 Å². The van der Waals surface area contributed by atoms with Crippen LogP contribution in [0.15, 0.2) is 90.2 Å². The number of nitrogens with one attached hydrogen (secondary N) is 1. The molecule has 0 radical (unpaired) electrons. The highest BCUT2D eigenvalue weighted by Gasteiger charge is 2.15. The Morgan fingerprint density at radius 3 is 2.49 bits per heavy atom. The molecule has 1 amide bonds. The molecular formula is C33H35F2N3O4S. The van der Waals surface area contributed by atoms with Crippen molar-refractivity contribution >= 4 is 28.8 Å². The number of hydrogen-bond acceptors (Lipinski definition) is 5. The fraction of sp³-hybridized carbons (Fsp3) is 0.273. The summed E-state index contributed by atoms with van der Waals surface area (Å²) < 4.78 is 51.4. The molecule has 4 aromatic rings. The van der Waals surface area contributed by atoms with Crippen LogP contribution in [-0.4, -0.2) is 33.2 Å². The lowest BCUT2D eigenvalue weighted by Crippen LogP contribution is -2.11. The van der Waals surface area contributed by atoms with Crippen molar-refractivity contribution in [1.29, 1.82) is 0 Å². The molecule has 0 saturated carbocycles. The number of ether oxygens (including phenoxy) is 2. The van der Waals surface area contributed by atoms with Gasteiger partial charge in [-0.3, -0.25) is 4.79 Å². The van der Waals surface area contributed by atoms with Crippen LogP contribution in [0, 0.1) is 0 Å². The van der Waals surface area contributed by atoms with E-state index in [0.717, 1.165) is 48.4 Å². The Morgan fingerprint density at radius 1 is 1.05 bits per heavy atom. The number of nitrogens with zero attached hydrogens (tertiary/aromatic N) is 2. The van der Waals surface area contributed by atoms with E-state index in [0.29, 0.717) is 28.5 Å². The summed E-state index contributed by atoms with van der Waals surface area (Å²) in [4.78, 5) is 17.5. The van der Waals surface area contributed by atoms with E-state index in [2.05, 4.69) is 28.9 Å². The lowest BCUT2D eigenvalue weighted by molar-refractivity contribution is -0.111. The number of aryl methyl sites for hydroxylation is 1. The zero-order valence-electron chi connectivity index (χ0n) is 24.2. The van der Waals surface area contributed by atoms with Gasteiger partial charge in [0.15, 0.2) is 10.6 Å². The molecule has 0 aliphatic carbocycles. The topological polar surface area (TPSA) is 88.4 Å². The molecule has 226 valence electrons. The van der Waals surface area contributed by atoms with Crippen molar-refractivity contribution in [3.63, 3.8) is 0 Å². The van der Waals surface area contributed by atoms with Crippen LogP contribution in [0.3, 0.4) is 0 Å². The minimum Gasteiger partial charge on any atom is -0.611 e. The van der Waals surface area contributed by atoms with Gasteiger partial charge in [-0.2, -0.15) is 8.78 Å². The fourth-order valence-electron chi connectivity index (χ4n) is 4.31. The van der Waals surface area contributed by atoms with Crippen molar-refractivity contribution in [3.05, 3.63) is 96.6 Å². The van der Waals surface area contributed by atoms with Crippen molar-refractivity contribution in [2.75, 3.05) is 11.9 Å². The van der Waals surface area contributed by atoms with Gasteiger partial charge < -0.3 is 23.9 Å². The molecule has 1 N–H and O–H groups in total. The first-order valence-electron chi connectivity index (χ1n) is 14.1. The molecule has 0 aliphatic heterocycles. The van der Waals surface area contributed by atoms with E-state index in [1.54, 1.807) is 48.9 Å². The molecule has 0 spiro atoms. The molecule has 0 fully saturated rings. The van der Waals surface area contributed by atoms with Gasteiger partial charge in [-0.25, -0.2) is 4.98 Å². The van der Waals surface area contributed by atoms with Gasteiger partial charge in [-0.05, 0) is 89.8 Å². The molecular weight excluding hydrogens is 572 g/mol. The van der Waals surface area contributed by atoms with Crippen LogP contribution in [0.2, 0.25) is 0 Å². The third kappa shape index (κ3) is 9.42. The van der Waals surface area contributed by atoms with E-state index in [-0.39, 0.29) is 5.75 Å². The standard InChI is InChI=1S/C33H35F2N3O4S/c1-3-5-19-41-29-12-6-24(7-13-29)25-8-16-31(42-33(34)35)26(20-25)9-17-32(39)37-27-10-14-30(15-11-27)43(40)22-28-21-36-23-38(28)18-4-2/h6-17,20-21,23,33H,3-5,18-19,22H2,1-2H3,(H,37,39)/b17-9+/t43-/m1/s1. The molecule has 0 bridgehead atoms. The predicted molar refractivity (Wildman–Crippen MR) is 166 cm³/mol. The minimum absolute atomic E-state index is 0.0468. The number of benzene rings is 3. The minimum atomic E-state index is -3.01. The van der Waals surface area contributed by atoms with E-state index < -0.39 is 23.7 Å². The first-order chi connectivity index (χ1) is 20.9. The van der Waals surface area contributed by atoms with E-state index in [1.165, 1.54) is 18.2 Å². The maximum absolute atomic E-state index is 13.1. The number of rotatable bonds is 15. The number of halogens is 2. The summed E-state index contributed by atoms with van der Waals surface area (Å²) in [5.41, 5.74) is 3.35. The number of carbonyl (C=O) groups is 1. The lowest BCUT2D eigenvalue weighted by Gasteiger charge is -2.12. The summed E-state index contributed by atoms with van der Waals surface area (Å²) >= 11 is -1.28. The van der Waals surface area contributed by atoms with Crippen molar-refractivity contribution < 1.29 is 27.6 Å². The number of unbranched alkanes of at least 4 members (excludes halogenated alkanes) is 1. The van der Waals surface area contributed by atoms with Crippen LogP contribution in [0.5, 0.6) is 11.5 Å². The van der Waals surface area contributed by atoms with Crippen LogP contribution >= 0.6 is 0 Å². The lowest BCUT2D eigenvalue weighted by atomic mass is 10.0. The summed E-state index contributed by atoms with van der Waals surface area (Å²) in [6.07, 6.45) is 9.11. The first kappa shape index (κ1) is 31.8. The molecule has 0 unspecified atom stereocenters. The number of carbonyl (C=O) groups excluding carboxylic acids is 1. The molecule has 3 aromatic carbocycles. The second-order valence-electron chi connectivity index (χ2n) is 9.77. The van der Waals surface area contributed by atoms with Crippen molar-refractivity contribution in [1.82, 2.24) is 9.55 Å². The number of aromatic nitrogens is 2. The van der Waals surface area contributed by atoms with Gasteiger partial charge in [0.25, 0.3) is 0 Å². The van der Waals surface area contributed by atoms with E-state index in [4.69, 9.17) is 4.74 Å². The van der Waals surface area contributed by atoms with Gasteiger partial charge in [0.2, 0.25) is 5.91 Å². The number of imidazole rings is 1. The molecule has 7 nitrogen and oxygen atoms in total. The molecule has 0 aliphatic rings. The maximum Gasteiger partial charge on any atom is 0.387 e. The van der Waals surface area contributed by atoms with Crippen LogP contribution in [-0.2, 0) is 28.3 Å². The smallest absolute Gasteiger partial charge is 0.387 e. The predicted octanol–water partition coefficient (Wildman–Crippen LogP) is 7.70. The zero-order valence-corrected chi connectivity index (χ0v) is 25.0. The Morgan fingerprint density at radius 2 is 1.79 bits per heavy atom. The van der Waals surface area contributed by atoms with Crippen LogP contribution in [0.4, 0.5) is 14.5 Å². The highest BCUT2D eigenvalue weighted by molar-refractivity contribution is 7.90. The van der Waals surface area contributed by atoms with Gasteiger partial charge in [0.05, 0.1) is 24.8 Å². The first-order valence-corrected chi connectivity index (χ1v) is 15.5. The van der Waals surface area contributed by atoms with Gasteiger partial charge in [-0.15, -0.1) is 0 Å². The molecule has 10 heteroatoms. The number of alkyl halides is 2. The highest BCUT2D eigenvalue weighted by atomic mass is 32.2. The number of hydrogen-bond donors (Lipinski definition) is 1. The largest absolute Gasteiger partial charge is 0.611 e. The fourth-order valence-corrected chi connectivity index (χ4v) is 5.42. The summed E-state index contributed by atoms with van der Waals surface area (Å²) in [5.74, 6) is 0.590. The number of amides is 1. The normalized spacial score (nSPS) is 12.0. The van der Waals surface area contributed by atoms with E-state index in [1.807, 2.05) is 28.8 Å². The highest BCUT2D eigenvalue weighted by Crippen LogP contribution is 2.30. The van der Waals surface area contributed by atoms with Crippen LogP contribution in [0.25, 0.3) is 17.2 Å². The van der Waals surface area contributed by atoms with E-state index in [9.17, 15) is 18.1 Å². The molecule has 4 rings (SSSR count). The van der Waals surface area contributed by atoms with Crippen molar-refractivity contribution in [3.8, 4) is 22.6 Å². The third-order valence-electron chi connectivity index (χ3n) is 6.52. The number of anilines is 1. The summed E-state index contributed by atoms with van der Waals surface area (Å²) in [6, 6.07) is 19.1. The van der Waals surface area contributed by atoms with Gasteiger partial charge in [0, 0.05) is 23.9 Å². The van der Waals surface area contributed by atoms with Crippen molar-refractivity contribution in [2.24, 2.45) is 0 Å². The molecule has 43 heavy (non-hydrogen) atoms.